The molecule has 0 aromatic carbocycles. The van der Waals surface area contributed by atoms with Crippen LogP contribution < -0.4 is 29.6 Å². The van der Waals surface area contributed by atoms with Gasteiger partial charge in [0.1, 0.15) is 0 Å². The summed E-state index contributed by atoms with van der Waals surface area (Å²) in [6.07, 6.45) is -0.244. The van der Waals surface area contributed by atoms with Crippen LogP contribution in [0.25, 0.3) is 0 Å². The topological polar surface area (TPSA) is 74.3 Å². The third-order valence-corrected chi connectivity index (χ3v) is 1.41. The molecule has 0 saturated carbocycles. The van der Waals surface area contributed by atoms with Gasteiger partial charge in [-0.3, -0.25) is 4.79 Å². The van der Waals surface area contributed by atoms with E-state index in [0.717, 1.165) is 0 Å². The number of hydrogen-bond acceptors (Lipinski definition) is 4. The second kappa shape index (κ2) is 4.40. The molecule has 0 aliphatic heterocycles. The van der Waals surface area contributed by atoms with E-state index < -0.39 is 15.2 Å². The van der Waals surface area contributed by atoms with Crippen molar-refractivity contribution in [1.29, 1.82) is 0 Å². The normalized spacial score (nSPS) is 10.0. The van der Waals surface area contributed by atoms with Gasteiger partial charge in [-0.2, -0.15) is 0 Å². The summed E-state index contributed by atoms with van der Waals surface area (Å²) in [5.74, 6) is 0. The molecule has 0 radical (unpaired) electrons. The molecule has 0 unspecified atom stereocenters. The largest absolute Gasteiger partial charge is 1.00 e. The van der Waals surface area contributed by atoms with Crippen molar-refractivity contribution in [3.05, 3.63) is 0 Å². The predicted octanol–water partition coefficient (Wildman–Crippen LogP) is -3.53. The summed E-state index contributed by atoms with van der Waals surface area (Å²) in [4.78, 5) is 9.93. The molecule has 0 aromatic rings. The Morgan fingerprint density at radius 3 is 1.89 bits per heavy atom. The van der Waals surface area contributed by atoms with Crippen LogP contribution in [0, 0.1) is 0 Å². The molecule has 0 heterocycles. The average Bonchev–Trinajstić information content (AvgIpc) is 1.62. The zero-order valence-electron chi connectivity index (χ0n) is 5.25. The number of carbonyl (C=O) groups is 1. The first kappa shape index (κ1) is 12.3. The molecule has 0 N–H and O–H groups in total. The second-order valence-electron chi connectivity index (χ2n) is 1.18. The van der Waals surface area contributed by atoms with Gasteiger partial charge in [-0.15, -0.1) is 0 Å². The van der Waals surface area contributed by atoms with Crippen molar-refractivity contribution in [3.8, 4) is 0 Å². The minimum Gasteiger partial charge on any atom is -0.742 e. The molecule has 0 fully saturated rings. The van der Waals surface area contributed by atoms with Crippen LogP contribution in [0.2, 0.25) is 0 Å². The quantitative estimate of drug-likeness (QED) is 0.294. The molecular formula is C3H5NaO4S. The molecule has 4 nitrogen and oxygen atoms in total. The van der Waals surface area contributed by atoms with E-state index in [4.69, 9.17) is 0 Å². The van der Waals surface area contributed by atoms with Gasteiger partial charge in [0, 0.05) is 6.42 Å². The third kappa shape index (κ3) is 5.05. The minimum absolute atomic E-state index is 0. The predicted molar refractivity (Wildman–Crippen MR) is 25.0 cm³/mol. The van der Waals surface area contributed by atoms with E-state index in [-0.39, 0.29) is 36.0 Å². The Hall–Kier alpha value is 0.580. The summed E-state index contributed by atoms with van der Waals surface area (Å²) in [6.45, 7) is 1.32. The zero-order valence-corrected chi connectivity index (χ0v) is 8.06. The fraction of sp³-hybridized carbons (Fsp3) is 0.667. The Balaban J connectivity index is 0. The summed E-state index contributed by atoms with van der Waals surface area (Å²) in [6, 6.07) is 0. The van der Waals surface area contributed by atoms with Gasteiger partial charge in [0.15, 0.2) is 10.1 Å². The Morgan fingerprint density at radius 1 is 1.56 bits per heavy atom. The van der Waals surface area contributed by atoms with E-state index in [2.05, 4.69) is 0 Å². The molecule has 0 rings (SSSR count). The van der Waals surface area contributed by atoms with Gasteiger partial charge in [-0.1, -0.05) is 6.92 Å². The Morgan fingerprint density at radius 2 is 1.89 bits per heavy atom. The molecule has 0 aliphatic rings. The van der Waals surface area contributed by atoms with Crippen LogP contribution in [-0.2, 0) is 14.9 Å². The van der Waals surface area contributed by atoms with Crippen molar-refractivity contribution in [2.24, 2.45) is 0 Å². The van der Waals surface area contributed by atoms with Crippen LogP contribution in [0.4, 0.5) is 0 Å². The van der Waals surface area contributed by atoms with Crippen LogP contribution in [0.3, 0.4) is 0 Å². The molecule has 0 amide bonds. The number of hydrogen-bond donors (Lipinski definition) is 0. The molecule has 0 atom stereocenters. The molecule has 48 valence electrons. The summed E-state index contributed by atoms with van der Waals surface area (Å²) >= 11 is 0. The maximum Gasteiger partial charge on any atom is 1.00 e. The smallest absolute Gasteiger partial charge is 0.742 e. The fourth-order valence-electron chi connectivity index (χ4n) is 0.177. The molecule has 9 heavy (non-hydrogen) atoms. The SMILES string of the molecule is CCC(=O)S(=O)(=O)[O-].[Na+]. The van der Waals surface area contributed by atoms with Crippen molar-refractivity contribution in [3.63, 3.8) is 0 Å². The van der Waals surface area contributed by atoms with E-state index in [9.17, 15) is 17.8 Å². The van der Waals surface area contributed by atoms with E-state index in [1.807, 2.05) is 0 Å². The van der Waals surface area contributed by atoms with Crippen molar-refractivity contribution in [2.45, 2.75) is 13.3 Å². The molecule has 6 heteroatoms. The Labute approximate surface area is 75.7 Å². The molecule has 0 bridgehead atoms. The summed E-state index contributed by atoms with van der Waals surface area (Å²) in [5, 5.41) is -1.25. The minimum atomic E-state index is -4.64. The van der Waals surface area contributed by atoms with Crippen molar-refractivity contribution in [1.82, 2.24) is 0 Å². The van der Waals surface area contributed by atoms with Crippen LogP contribution in [0.15, 0.2) is 0 Å². The van der Waals surface area contributed by atoms with Gasteiger partial charge in [0.05, 0.1) is 0 Å². The third-order valence-electron chi connectivity index (χ3n) is 0.568. The van der Waals surface area contributed by atoms with E-state index in [0.29, 0.717) is 0 Å². The van der Waals surface area contributed by atoms with Crippen molar-refractivity contribution in [2.75, 3.05) is 0 Å². The molecule has 0 saturated heterocycles. The van der Waals surface area contributed by atoms with E-state index >= 15 is 0 Å². The van der Waals surface area contributed by atoms with E-state index in [1.54, 1.807) is 0 Å². The Kier molecular flexibility index (Phi) is 6.01. The van der Waals surface area contributed by atoms with Gasteiger partial charge < -0.3 is 4.55 Å². The molecule has 0 spiro atoms. The van der Waals surface area contributed by atoms with E-state index in [1.165, 1.54) is 6.92 Å². The van der Waals surface area contributed by atoms with Gasteiger partial charge in [-0.25, -0.2) is 8.42 Å². The fourth-order valence-corrected chi connectivity index (χ4v) is 0.530. The van der Waals surface area contributed by atoms with Crippen molar-refractivity contribution >= 4 is 15.2 Å². The summed E-state index contributed by atoms with van der Waals surface area (Å²) < 4.78 is 29.0. The molecule has 0 aliphatic carbocycles. The average molecular weight is 160 g/mol. The molecular weight excluding hydrogens is 155 g/mol. The van der Waals surface area contributed by atoms with Crippen LogP contribution >= 0.6 is 0 Å². The van der Waals surface area contributed by atoms with Crippen LogP contribution in [0.5, 0.6) is 0 Å². The maximum atomic E-state index is 9.93. The maximum absolute atomic E-state index is 9.93. The summed E-state index contributed by atoms with van der Waals surface area (Å²) in [5.41, 5.74) is 0. The number of rotatable bonds is 1. The van der Waals surface area contributed by atoms with Gasteiger partial charge in [0.25, 0.3) is 0 Å². The first-order chi connectivity index (χ1) is 3.48. The first-order valence-electron chi connectivity index (χ1n) is 1.97. The summed E-state index contributed by atoms with van der Waals surface area (Å²) in [7, 11) is -4.64. The Bertz CT molecular complexity index is 182. The number of carbonyl (C=O) groups excluding carboxylic acids is 1. The van der Waals surface area contributed by atoms with Crippen molar-refractivity contribution < 1.29 is 47.3 Å². The zero-order chi connectivity index (χ0) is 6.78. The standard InChI is InChI=1S/C3H6O4S.Na/c1-2-3(4)8(5,6)7;/h2H2,1H3,(H,5,6,7);/q;+1/p-1. The van der Waals surface area contributed by atoms with Crippen LogP contribution in [0.1, 0.15) is 13.3 Å². The first-order valence-corrected chi connectivity index (χ1v) is 3.38. The van der Waals surface area contributed by atoms with Gasteiger partial charge in [-0.05, 0) is 0 Å². The second-order valence-corrected chi connectivity index (χ2v) is 2.54. The van der Waals surface area contributed by atoms with Gasteiger partial charge in [0.2, 0.25) is 5.12 Å². The molecule has 0 aromatic heterocycles. The van der Waals surface area contributed by atoms with Crippen LogP contribution in [-0.4, -0.2) is 18.1 Å². The van der Waals surface area contributed by atoms with Gasteiger partial charge >= 0.3 is 29.6 Å². The monoisotopic (exact) mass is 160 g/mol.